The monoisotopic (exact) mass is 355 g/mol. The molecule has 24 heavy (non-hydrogen) atoms. The first-order valence-electron chi connectivity index (χ1n) is 8.09. The van der Waals surface area contributed by atoms with E-state index in [1.165, 1.54) is 0 Å². The molecule has 132 valence electrons. The van der Waals surface area contributed by atoms with Crippen molar-refractivity contribution >= 4 is 23.4 Å². The average Bonchev–Trinajstić information content (AvgIpc) is 2.50. The van der Waals surface area contributed by atoms with Gasteiger partial charge in [0.15, 0.2) is 0 Å². The zero-order valence-electron chi connectivity index (χ0n) is 14.2. The fourth-order valence-electron chi connectivity index (χ4n) is 2.63. The molecule has 2 rings (SSSR count). The van der Waals surface area contributed by atoms with Crippen molar-refractivity contribution in [1.29, 1.82) is 0 Å². The second-order valence-electron chi connectivity index (χ2n) is 7.24. The van der Waals surface area contributed by atoms with Gasteiger partial charge in [0.1, 0.15) is 11.0 Å². The molecule has 1 heterocycles. The number of pyridine rings is 1. The molecule has 0 aromatic carbocycles. The lowest BCUT2D eigenvalue weighted by Crippen LogP contribution is -2.46. The molecule has 0 atom stereocenters. The summed E-state index contributed by atoms with van der Waals surface area (Å²) in [7, 11) is 0. The summed E-state index contributed by atoms with van der Waals surface area (Å²) in [5, 5.41) is 5.90. The summed E-state index contributed by atoms with van der Waals surface area (Å²) in [4.78, 5) is 27.9. The van der Waals surface area contributed by atoms with Gasteiger partial charge in [-0.25, -0.2) is 9.37 Å². The van der Waals surface area contributed by atoms with Crippen LogP contribution in [0.4, 0.5) is 4.39 Å². The van der Waals surface area contributed by atoms with Crippen LogP contribution in [-0.2, 0) is 4.79 Å². The summed E-state index contributed by atoms with van der Waals surface area (Å²) < 4.78 is 13.2. The van der Waals surface area contributed by atoms with Crippen molar-refractivity contribution < 1.29 is 14.0 Å². The molecular weight excluding hydrogens is 333 g/mol. The highest BCUT2D eigenvalue weighted by Crippen LogP contribution is 2.22. The Morgan fingerprint density at radius 3 is 2.25 bits per heavy atom. The summed E-state index contributed by atoms with van der Waals surface area (Å²) in [6.07, 6.45) is 4.06. The predicted octanol–water partition coefficient (Wildman–Crippen LogP) is 3.08. The Bertz CT molecular complexity index is 623. The van der Waals surface area contributed by atoms with E-state index in [-0.39, 0.29) is 28.7 Å². The number of carbonyl (C=O) groups is 2. The SMILES string of the molecule is CC(C)(C)C(=O)NC1CCC(NC(=O)c2cc(F)cnc2Cl)CC1. The van der Waals surface area contributed by atoms with E-state index in [0.29, 0.717) is 0 Å². The molecule has 1 aliphatic rings. The smallest absolute Gasteiger partial charge is 0.254 e. The van der Waals surface area contributed by atoms with Crippen molar-refractivity contribution in [2.45, 2.75) is 58.5 Å². The van der Waals surface area contributed by atoms with Crippen LogP contribution in [0.1, 0.15) is 56.8 Å². The maximum Gasteiger partial charge on any atom is 0.254 e. The van der Waals surface area contributed by atoms with E-state index in [0.717, 1.165) is 37.9 Å². The Labute approximate surface area is 146 Å². The van der Waals surface area contributed by atoms with Crippen LogP contribution < -0.4 is 10.6 Å². The van der Waals surface area contributed by atoms with E-state index in [1.807, 2.05) is 20.8 Å². The van der Waals surface area contributed by atoms with E-state index in [9.17, 15) is 14.0 Å². The molecule has 0 unspecified atom stereocenters. The molecule has 0 spiro atoms. The second-order valence-corrected chi connectivity index (χ2v) is 7.60. The molecule has 1 fully saturated rings. The molecule has 0 radical (unpaired) electrons. The average molecular weight is 356 g/mol. The van der Waals surface area contributed by atoms with Crippen LogP contribution in [0.25, 0.3) is 0 Å². The molecule has 0 bridgehead atoms. The van der Waals surface area contributed by atoms with Gasteiger partial charge in [-0.1, -0.05) is 32.4 Å². The number of amides is 2. The van der Waals surface area contributed by atoms with Crippen molar-refractivity contribution in [2.24, 2.45) is 5.41 Å². The maximum absolute atomic E-state index is 13.2. The zero-order valence-corrected chi connectivity index (χ0v) is 14.9. The molecule has 1 saturated carbocycles. The van der Waals surface area contributed by atoms with Gasteiger partial charge in [-0.3, -0.25) is 9.59 Å². The molecule has 7 heteroatoms. The Balaban J connectivity index is 1.86. The molecule has 5 nitrogen and oxygen atoms in total. The first-order valence-corrected chi connectivity index (χ1v) is 8.47. The van der Waals surface area contributed by atoms with Crippen LogP contribution in [0.15, 0.2) is 12.3 Å². The van der Waals surface area contributed by atoms with Crippen LogP contribution in [0.3, 0.4) is 0 Å². The van der Waals surface area contributed by atoms with Crippen LogP contribution in [0.2, 0.25) is 5.15 Å². The highest BCUT2D eigenvalue weighted by molar-refractivity contribution is 6.32. The van der Waals surface area contributed by atoms with Crippen LogP contribution in [0, 0.1) is 11.2 Å². The Morgan fingerprint density at radius 1 is 1.17 bits per heavy atom. The zero-order chi connectivity index (χ0) is 17.9. The van der Waals surface area contributed by atoms with Crippen molar-refractivity contribution in [3.8, 4) is 0 Å². The predicted molar refractivity (Wildman–Crippen MR) is 90.3 cm³/mol. The molecule has 2 N–H and O–H groups in total. The third-order valence-corrected chi connectivity index (χ3v) is 4.43. The number of nitrogens with zero attached hydrogens (tertiary/aromatic N) is 1. The van der Waals surface area contributed by atoms with E-state index >= 15 is 0 Å². The molecule has 1 aliphatic carbocycles. The summed E-state index contributed by atoms with van der Waals surface area (Å²) in [6, 6.07) is 1.20. The molecule has 0 aliphatic heterocycles. The standard InChI is InChI=1S/C17H23ClFN3O2/c1-17(2,3)16(24)22-12-6-4-11(5-7-12)21-15(23)13-8-10(19)9-20-14(13)18/h8-9,11-12H,4-7H2,1-3H3,(H,21,23)(H,22,24). The van der Waals surface area contributed by atoms with Gasteiger partial charge in [0.05, 0.1) is 11.8 Å². The van der Waals surface area contributed by atoms with Crippen LogP contribution in [0.5, 0.6) is 0 Å². The third-order valence-electron chi connectivity index (χ3n) is 4.13. The van der Waals surface area contributed by atoms with Gasteiger partial charge in [0, 0.05) is 17.5 Å². The molecular formula is C17H23ClFN3O2. The molecule has 2 amide bonds. The Morgan fingerprint density at radius 2 is 1.71 bits per heavy atom. The lowest BCUT2D eigenvalue weighted by atomic mass is 9.89. The highest BCUT2D eigenvalue weighted by Gasteiger charge is 2.28. The Kier molecular flexibility index (Phi) is 5.80. The van der Waals surface area contributed by atoms with E-state index in [1.54, 1.807) is 0 Å². The molecule has 1 aromatic heterocycles. The third kappa shape index (κ3) is 4.90. The van der Waals surface area contributed by atoms with Crippen molar-refractivity contribution in [1.82, 2.24) is 15.6 Å². The first-order chi connectivity index (χ1) is 11.2. The fraction of sp³-hybridized carbons (Fsp3) is 0.588. The van der Waals surface area contributed by atoms with Gasteiger partial charge in [-0.2, -0.15) is 0 Å². The van der Waals surface area contributed by atoms with E-state index < -0.39 is 17.1 Å². The van der Waals surface area contributed by atoms with Gasteiger partial charge in [0.2, 0.25) is 5.91 Å². The molecule has 1 aromatic rings. The van der Waals surface area contributed by atoms with Gasteiger partial charge in [-0.15, -0.1) is 0 Å². The second kappa shape index (κ2) is 7.47. The lowest BCUT2D eigenvalue weighted by Gasteiger charge is -2.31. The van der Waals surface area contributed by atoms with Gasteiger partial charge < -0.3 is 10.6 Å². The molecule has 0 saturated heterocycles. The van der Waals surface area contributed by atoms with Gasteiger partial charge in [0.25, 0.3) is 5.91 Å². The van der Waals surface area contributed by atoms with Crippen molar-refractivity contribution in [3.05, 3.63) is 28.8 Å². The highest BCUT2D eigenvalue weighted by atomic mass is 35.5. The normalized spacial score (nSPS) is 21.2. The minimum Gasteiger partial charge on any atom is -0.353 e. The van der Waals surface area contributed by atoms with Gasteiger partial charge in [-0.05, 0) is 31.7 Å². The lowest BCUT2D eigenvalue weighted by molar-refractivity contribution is -0.129. The van der Waals surface area contributed by atoms with E-state index in [4.69, 9.17) is 11.6 Å². The van der Waals surface area contributed by atoms with Crippen molar-refractivity contribution in [2.75, 3.05) is 0 Å². The summed E-state index contributed by atoms with van der Waals surface area (Å²) in [5.74, 6) is -0.986. The first kappa shape index (κ1) is 18.6. The van der Waals surface area contributed by atoms with Crippen LogP contribution >= 0.6 is 11.6 Å². The summed E-state index contributed by atoms with van der Waals surface area (Å²) >= 11 is 5.85. The number of aromatic nitrogens is 1. The summed E-state index contributed by atoms with van der Waals surface area (Å²) in [5.41, 5.74) is -0.369. The Hall–Kier alpha value is -1.69. The van der Waals surface area contributed by atoms with Crippen LogP contribution in [-0.4, -0.2) is 28.9 Å². The van der Waals surface area contributed by atoms with E-state index in [2.05, 4.69) is 15.6 Å². The maximum atomic E-state index is 13.2. The number of carbonyl (C=O) groups excluding carboxylic acids is 2. The number of hydrogen-bond donors (Lipinski definition) is 2. The number of hydrogen-bond acceptors (Lipinski definition) is 3. The summed E-state index contributed by atoms with van der Waals surface area (Å²) in [6.45, 7) is 5.64. The topological polar surface area (TPSA) is 71.1 Å². The van der Waals surface area contributed by atoms with Gasteiger partial charge >= 0.3 is 0 Å². The van der Waals surface area contributed by atoms with Crippen molar-refractivity contribution in [3.63, 3.8) is 0 Å². The fourth-order valence-corrected chi connectivity index (χ4v) is 2.82. The number of nitrogens with one attached hydrogen (secondary N) is 2. The quantitative estimate of drug-likeness (QED) is 0.818. The largest absolute Gasteiger partial charge is 0.353 e. The minimum atomic E-state index is -0.599. The number of rotatable bonds is 3. The minimum absolute atomic E-state index is 0.0139. The number of halogens is 2.